The Hall–Kier alpha value is -2.15. The maximum absolute atomic E-state index is 11.9. The monoisotopic (exact) mass is 332 g/mol. The predicted molar refractivity (Wildman–Crippen MR) is 89.7 cm³/mol. The molecule has 130 valence electrons. The molecule has 0 spiro atoms. The Kier molecular flexibility index (Phi) is 4.99. The zero-order valence-electron chi connectivity index (χ0n) is 13.7. The van der Waals surface area contributed by atoms with Crippen LogP contribution in [0.15, 0.2) is 12.1 Å². The van der Waals surface area contributed by atoms with Crippen molar-refractivity contribution < 1.29 is 14.7 Å². The number of rotatable bonds is 6. The third-order valence-corrected chi connectivity index (χ3v) is 4.78. The molecule has 1 aromatic rings. The van der Waals surface area contributed by atoms with E-state index in [1.165, 1.54) is 5.56 Å². The Morgan fingerprint density at radius 3 is 2.96 bits per heavy atom. The van der Waals surface area contributed by atoms with Gasteiger partial charge in [0.1, 0.15) is 11.9 Å². The number of hydrogen-bond acceptors (Lipinski definition) is 5. The van der Waals surface area contributed by atoms with E-state index in [0.29, 0.717) is 19.0 Å². The summed E-state index contributed by atoms with van der Waals surface area (Å²) < 4.78 is 0. The van der Waals surface area contributed by atoms with E-state index in [-0.39, 0.29) is 12.3 Å². The summed E-state index contributed by atoms with van der Waals surface area (Å²) in [5, 5.41) is 12.1. The highest BCUT2D eigenvalue weighted by molar-refractivity contribution is 5.84. The van der Waals surface area contributed by atoms with Crippen LogP contribution in [0.25, 0.3) is 0 Å². The van der Waals surface area contributed by atoms with Crippen LogP contribution in [0.1, 0.15) is 30.5 Å². The standard InChI is InChI=1S/C17H24N4O3/c18-14(17(23)24)8-15(22)21-9-11(10-21)3-5-13-6-4-12-2-1-7-19-16(12)20-13/h4,6,11,14H,1-3,5,7-10,18H2,(H,19,20)(H,23,24)/t14-/m0/s1. The number of carboxylic acid groups (broad SMARTS) is 1. The second kappa shape index (κ2) is 7.17. The molecule has 7 nitrogen and oxygen atoms in total. The predicted octanol–water partition coefficient (Wildman–Crippen LogP) is 0.633. The Morgan fingerprint density at radius 1 is 1.42 bits per heavy atom. The van der Waals surface area contributed by atoms with Crippen LogP contribution in [0.4, 0.5) is 5.82 Å². The summed E-state index contributed by atoms with van der Waals surface area (Å²) in [5.41, 5.74) is 7.77. The smallest absolute Gasteiger partial charge is 0.321 e. The lowest BCUT2D eigenvalue weighted by Gasteiger charge is -2.39. The highest BCUT2D eigenvalue weighted by atomic mass is 16.4. The zero-order chi connectivity index (χ0) is 17.1. The van der Waals surface area contributed by atoms with Gasteiger partial charge in [-0.3, -0.25) is 9.59 Å². The molecule has 7 heteroatoms. The van der Waals surface area contributed by atoms with Crippen molar-refractivity contribution in [3.8, 4) is 0 Å². The first-order valence-corrected chi connectivity index (χ1v) is 8.52. The van der Waals surface area contributed by atoms with Crippen molar-refractivity contribution in [3.05, 3.63) is 23.4 Å². The fourth-order valence-electron chi connectivity index (χ4n) is 3.22. The number of hydrogen-bond donors (Lipinski definition) is 3. The van der Waals surface area contributed by atoms with Gasteiger partial charge in [0.25, 0.3) is 0 Å². The Labute approximate surface area is 141 Å². The third-order valence-electron chi connectivity index (χ3n) is 4.78. The van der Waals surface area contributed by atoms with E-state index in [4.69, 9.17) is 10.8 Å². The molecule has 1 aromatic heterocycles. The van der Waals surface area contributed by atoms with E-state index >= 15 is 0 Å². The molecular weight excluding hydrogens is 308 g/mol. The number of aliphatic carboxylic acids is 1. The second-order valence-electron chi connectivity index (χ2n) is 6.69. The number of aromatic nitrogens is 1. The van der Waals surface area contributed by atoms with E-state index in [2.05, 4.69) is 22.4 Å². The number of nitrogens with one attached hydrogen (secondary N) is 1. The molecule has 4 N–H and O–H groups in total. The molecule has 1 amide bonds. The number of carbonyl (C=O) groups excluding carboxylic acids is 1. The summed E-state index contributed by atoms with van der Waals surface area (Å²) in [6.45, 7) is 2.37. The van der Waals surface area contributed by atoms with Gasteiger partial charge in [-0.05, 0) is 43.2 Å². The fraction of sp³-hybridized carbons (Fsp3) is 0.588. The molecule has 3 heterocycles. The van der Waals surface area contributed by atoms with Crippen molar-refractivity contribution in [2.45, 2.75) is 38.1 Å². The van der Waals surface area contributed by atoms with Crippen molar-refractivity contribution in [1.82, 2.24) is 9.88 Å². The van der Waals surface area contributed by atoms with Gasteiger partial charge in [-0.15, -0.1) is 0 Å². The zero-order valence-corrected chi connectivity index (χ0v) is 13.7. The largest absolute Gasteiger partial charge is 0.480 e. The lowest BCUT2D eigenvalue weighted by atomic mass is 9.93. The van der Waals surface area contributed by atoms with Crippen molar-refractivity contribution in [1.29, 1.82) is 0 Å². The fourth-order valence-corrected chi connectivity index (χ4v) is 3.22. The SMILES string of the molecule is N[C@@H](CC(=O)N1CC(CCc2ccc3c(n2)NCCC3)C1)C(=O)O. The molecule has 2 aliphatic heterocycles. The van der Waals surface area contributed by atoms with E-state index in [1.54, 1.807) is 4.90 Å². The Balaban J connectivity index is 1.42. The van der Waals surface area contributed by atoms with Gasteiger partial charge in [0, 0.05) is 25.3 Å². The average Bonchev–Trinajstić information content (AvgIpc) is 2.53. The van der Waals surface area contributed by atoms with Crippen LogP contribution in [0.5, 0.6) is 0 Å². The summed E-state index contributed by atoms with van der Waals surface area (Å²) in [6.07, 6.45) is 4.01. The number of anilines is 1. The molecule has 0 saturated carbocycles. The van der Waals surface area contributed by atoms with Gasteiger partial charge >= 0.3 is 5.97 Å². The Bertz CT molecular complexity index is 628. The van der Waals surface area contributed by atoms with E-state index in [0.717, 1.165) is 43.7 Å². The van der Waals surface area contributed by atoms with Crippen LogP contribution >= 0.6 is 0 Å². The van der Waals surface area contributed by atoms with E-state index in [9.17, 15) is 9.59 Å². The van der Waals surface area contributed by atoms with Gasteiger partial charge in [0.15, 0.2) is 0 Å². The minimum atomic E-state index is -1.13. The molecule has 0 aromatic carbocycles. The highest BCUT2D eigenvalue weighted by Gasteiger charge is 2.31. The Morgan fingerprint density at radius 2 is 2.21 bits per heavy atom. The van der Waals surface area contributed by atoms with Crippen molar-refractivity contribution in [2.24, 2.45) is 11.7 Å². The van der Waals surface area contributed by atoms with Crippen LogP contribution in [-0.4, -0.2) is 52.5 Å². The molecular formula is C17H24N4O3. The quantitative estimate of drug-likeness (QED) is 0.705. The first-order chi connectivity index (χ1) is 11.5. The van der Waals surface area contributed by atoms with E-state index in [1.807, 2.05) is 0 Å². The topological polar surface area (TPSA) is 109 Å². The third kappa shape index (κ3) is 3.84. The van der Waals surface area contributed by atoms with Crippen molar-refractivity contribution >= 4 is 17.7 Å². The van der Waals surface area contributed by atoms with Gasteiger partial charge < -0.3 is 21.1 Å². The summed E-state index contributed by atoms with van der Waals surface area (Å²) in [6, 6.07) is 3.15. The van der Waals surface area contributed by atoms with Gasteiger partial charge in [0.2, 0.25) is 5.91 Å². The number of amides is 1. The second-order valence-corrected chi connectivity index (χ2v) is 6.69. The number of nitrogens with zero attached hydrogens (tertiary/aromatic N) is 2. The summed E-state index contributed by atoms with van der Waals surface area (Å²) >= 11 is 0. The minimum Gasteiger partial charge on any atom is -0.480 e. The highest BCUT2D eigenvalue weighted by Crippen LogP contribution is 2.24. The number of aryl methyl sites for hydroxylation is 2. The van der Waals surface area contributed by atoms with Gasteiger partial charge in [-0.2, -0.15) is 0 Å². The van der Waals surface area contributed by atoms with Crippen LogP contribution in [0, 0.1) is 5.92 Å². The molecule has 0 unspecified atom stereocenters. The molecule has 24 heavy (non-hydrogen) atoms. The molecule has 3 rings (SSSR count). The van der Waals surface area contributed by atoms with Gasteiger partial charge in [0.05, 0.1) is 6.42 Å². The normalized spacial score (nSPS) is 18.3. The lowest BCUT2D eigenvalue weighted by Crippen LogP contribution is -2.51. The maximum Gasteiger partial charge on any atom is 0.321 e. The average molecular weight is 332 g/mol. The van der Waals surface area contributed by atoms with Crippen LogP contribution in [0.3, 0.4) is 0 Å². The molecule has 1 fully saturated rings. The number of likely N-dealkylation sites (tertiary alicyclic amines) is 1. The summed E-state index contributed by atoms with van der Waals surface area (Å²) in [4.78, 5) is 28.9. The lowest BCUT2D eigenvalue weighted by molar-refractivity contribution is -0.145. The first-order valence-electron chi connectivity index (χ1n) is 8.52. The van der Waals surface area contributed by atoms with Crippen molar-refractivity contribution in [2.75, 3.05) is 25.0 Å². The molecule has 0 bridgehead atoms. The van der Waals surface area contributed by atoms with Crippen molar-refractivity contribution in [3.63, 3.8) is 0 Å². The first kappa shape index (κ1) is 16.7. The van der Waals surface area contributed by atoms with Crippen LogP contribution in [-0.2, 0) is 22.4 Å². The van der Waals surface area contributed by atoms with Crippen LogP contribution < -0.4 is 11.1 Å². The molecule has 1 atom stereocenters. The minimum absolute atomic E-state index is 0.125. The maximum atomic E-state index is 11.9. The molecule has 2 aliphatic rings. The molecule has 1 saturated heterocycles. The number of nitrogens with two attached hydrogens (primary N) is 1. The summed E-state index contributed by atoms with van der Waals surface area (Å²) in [7, 11) is 0. The van der Waals surface area contributed by atoms with Gasteiger partial charge in [-0.1, -0.05) is 6.07 Å². The van der Waals surface area contributed by atoms with Crippen LogP contribution in [0.2, 0.25) is 0 Å². The number of carbonyl (C=O) groups is 2. The summed E-state index contributed by atoms with van der Waals surface area (Å²) in [5.74, 6) is 0.178. The van der Waals surface area contributed by atoms with Gasteiger partial charge in [-0.25, -0.2) is 4.98 Å². The molecule has 0 radical (unpaired) electrons. The number of fused-ring (bicyclic) bond motifs is 1. The molecule has 0 aliphatic carbocycles. The number of pyridine rings is 1. The van der Waals surface area contributed by atoms with E-state index < -0.39 is 12.0 Å². The number of carboxylic acids is 1.